The summed E-state index contributed by atoms with van der Waals surface area (Å²) in [6, 6.07) is 4.69. The molecule has 1 saturated heterocycles. The maximum Gasteiger partial charge on any atom is 0.124 e. The zero-order valence-electron chi connectivity index (χ0n) is 10.4. The molecule has 0 saturated carbocycles. The van der Waals surface area contributed by atoms with E-state index in [0.29, 0.717) is 5.02 Å². The van der Waals surface area contributed by atoms with Gasteiger partial charge in [0.15, 0.2) is 0 Å². The molecule has 18 heavy (non-hydrogen) atoms. The maximum atomic E-state index is 13.0. The number of hydrazine groups is 1. The number of nitrogens with two attached hydrogens (primary N) is 1. The smallest absolute Gasteiger partial charge is 0.124 e. The number of benzene rings is 1. The quantitative estimate of drug-likeness (QED) is 0.660. The fraction of sp³-hybridized carbons (Fsp3) is 0.538. The molecule has 1 aliphatic heterocycles. The Bertz CT molecular complexity index is 421. The Kier molecular flexibility index (Phi) is 4.54. The van der Waals surface area contributed by atoms with Gasteiger partial charge in [-0.1, -0.05) is 17.7 Å². The molecule has 0 spiro atoms. The van der Waals surface area contributed by atoms with Gasteiger partial charge < -0.3 is 0 Å². The predicted molar refractivity (Wildman–Crippen MR) is 76.3 cm³/mol. The van der Waals surface area contributed by atoms with Crippen LogP contribution in [0.15, 0.2) is 18.2 Å². The normalized spacial score (nSPS) is 25.3. The van der Waals surface area contributed by atoms with E-state index in [2.05, 4.69) is 12.3 Å². The van der Waals surface area contributed by atoms with Crippen molar-refractivity contribution in [2.24, 2.45) is 5.84 Å². The van der Waals surface area contributed by atoms with Crippen molar-refractivity contribution in [3.05, 3.63) is 34.6 Å². The third-order valence-corrected chi connectivity index (χ3v) is 5.62. The predicted octanol–water partition coefficient (Wildman–Crippen LogP) is 3.14. The van der Waals surface area contributed by atoms with E-state index in [1.54, 1.807) is 6.07 Å². The molecule has 3 N–H and O–H groups in total. The second-order valence-corrected chi connectivity index (χ2v) is 6.96. The van der Waals surface area contributed by atoms with Crippen molar-refractivity contribution in [1.82, 2.24) is 5.43 Å². The van der Waals surface area contributed by atoms with Crippen molar-refractivity contribution >= 4 is 23.4 Å². The molecule has 1 fully saturated rings. The topological polar surface area (TPSA) is 38.0 Å². The Morgan fingerprint density at radius 1 is 1.61 bits per heavy atom. The molecule has 0 amide bonds. The zero-order valence-corrected chi connectivity index (χ0v) is 12.0. The summed E-state index contributed by atoms with van der Waals surface area (Å²) < 4.78 is 13.1. The van der Waals surface area contributed by atoms with Gasteiger partial charge in [-0.2, -0.15) is 11.8 Å². The van der Waals surface area contributed by atoms with Crippen LogP contribution in [0.3, 0.4) is 0 Å². The fourth-order valence-electron chi connectivity index (χ4n) is 2.43. The van der Waals surface area contributed by atoms with Gasteiger partial charge in [0, 0.05) is 15.8 Å². The minimum Gasteiger partial charge on any atom is -0.271 e. The molecule has 2 atom stereocenters. The number of rotatable bonds is 4. The molecule has 0 aromatic heterocycles. The van der Waals surface area contributed by atoms with Crippen LogP contribution in [0.25, 0.3) is 0 Å². The van der Waals surface area contributed by atoms with Crippen molar-refractivity contribution in [3.63, 3.8) is 0 Å². The molecule has 1 aromatic carbocycles. The fourth-order valence-corrected chi connectivity index (χ4v) is 4.07. The highest BCUT2D eigenvalue weighted by Crippen LogP contribution is 2.41. The van der Waals surface area contributed by atoms with Crippen LogP contribution in [0.1, 0.15) is 25.3 Å². The van der Waals surface area contributed by atoms with E-state index in [9.17, 15) is 4.39 Å². The number of halogens is 2. The lowest BCUT2D eigenvalue weighted by Crippen LogP contribution is -2.50. The highest BCUT2D eigenvalue weighted by Gasteiger charge is 2.37. The van der Waals surface area contributed by atoms with E-state index < -0.39 is 0 Å². The van der Waals surface area contributed by atoms with E-state index in [-0.39, 0.29) is 16.6 Å². The molecule has 2 unspecified atom stereocenters. The van der Waals surface area contributed by atoms with Gasteiger partial charge in [0.1, 0.15) is 5.82 Å². The lowest BCUT2D eigenvalue weighted by Gasteiger charge is -2.33. The van der Waals surface area contributed by atoms with E-state index in [0.717, 1.165) is 18.4 Å². The van der Waals surface area contributed by atoms with Gasteiger partial charge in [-0.3, -0.25) is 11.3 Å². The van der Waals surface area contributed by atoms with Crippen LogP contribution in [0.2, 0.25) is 5.02 Å². The first-order chi connectivity index (χ1) is 8.55. The molecular weight excluding hydrogens is 271 g/mol. The van der Waals surface area contributed by atoms with Crippen molar-refractivity contribution in [1.29, 1.82) is 0 Å². The average Bonchev–Trinajstić information content (AvgIpc) is 2.76. The Balaban J connectivity index is 2.15. The van der Waals surface area contributed by atoms with Crippen LogP contribution >= 0.6 is 23.4 Å². The molecule has 0 radical (unpaired) electrons. The monoisotopic (exact) mass is 288 g/mol. The Labute approximate surface area is 116 Å². The van der Waals surface area contributed by atoms with Gasteiger partial charge >= 0.3 is 0 Å². The van der Waals surface area contributed by atoms with E-state index >= 15 is 0 Å². The van der Waals surface area contributed by atoms with Crippen molar-refractivity contribution < 1.29 is 4.39 Å². The number of thioether (sulfide) groups is 1. The molecule has 2 nitrogen and oxygen atoms in total. The van der Waals surface area contributed by atoms with Gasteiger partial charge in [0.25, 0.3) is 0 Å². The SMILES string of the molecule is CC1(C(Cc2ccc(F)cc2Cl)NN)CCCS1. The molecule has 100 valence electrons. The minimum absolute atomic E-state index is 0.131. The first-order valence-electron chi connectivity index (χ1n) is 6.09. The summed E-state index contributed by atoms with van der Waals surface area (Å²) in [6.07, 6.45) is 3.08. The summed E-state index contributed by atoms with van der Waals surface area (Å²) in [7, 11) is 0. The van der Waals surface area contributed by atoms with Crippen LogP contribution in [0, 0.1) is 5.82 Å². The van der Waals surface area contributed by atoms with Crippen LogP contribution in [-0.4, -0.2) is 16.5 Å². The van der Waals surface area contributed by atoms with E-state index in [1.807, 2.05) is 11.8 Å². The average molecular weight is 289 g/mol. The lowest BCUT2D eigenvalue weighted by atomic mass is 9.91. The van der Waals surface area contributed by atoms with E-state index in [1.165, 1.54) is 24.3 Å². The molecule has 1 aromatic rings. The molecule has 5 heteroatoms. The second kappa shape index (κ2) is 5.78. The van der Waals surface area contributed by atoms with Gasteiger partial charge in [-0.25, -0.2) is 4.39 Å². The Morgan fingerprint density at radius 2 is 2.39 bits per heavy atom. The second-order valence-electron chi connectivity index (χ2n) is 4.92. The largest absolute Gasteiger partial charge is 0.271 e. The van der Waals surface area contributed by atoms with E-state index in [4.69, 9.17) is 17.4 Å². The van der Waals surface area contributed by atoms with Crippen molar-refractivity contribution in [2.75, 3.05) is 5.75 Å². The third-order valence-electron chi connectivity index (χ3n) is 3.63. The summed E-state index contributed by atoms with van der Waals surface area (Å²) in [6.45, 7) is 2.23. The standard InChI is InChI=1S/C13H18ClFN2S/c1-13(5-2-6-18-13)12(17-16)7-9-3-4-10(15)8-11(9)14/h3-4,8,12,17H,2,5-7,16H2,1H3. The number of hydrogen-bond acceptors (Lipinski definition) is 3. The lowest BCUT2D eigenvalue weighted by molar-refractivity contribution is 0.405. The van der Waals surface area contributed by atoms with Gasteiger partial charge in [0.2, 0.25) is 0 Å². The molecule has 0 bridgehead atoms. The zero-order chi connectivity index (χ0) is 13.2. The van der Waals surface area contributed by atoms with Crippen LogP contribution in [0.5, 0.6) is 0 Å². The summed E-state index contributed by atoms with van der Waals surface area (Å²) >= 11 is 8.01. The summed E-state index contributed by atoms with van der Waals surface area (Å²) in [4.78, 5) is 0. The van der Waals surface area contributed by atoms with Crippen LogP contribution in [0.4, 0.5) is 4.39 Å². The highest BCUT2D eigenvalue weighted by atomic mass is 35.5. The van der Waals surface area contributed by atoms with Crippen molar-refractivity contribution in [3.8, 4) is 0 Å². The molecule has 0 aliphatic carbocycles. The first kappa shape index (κ1) is 14.1. The summed E-state index contributed by atoms with van der Waals surface area (Å²) in [5, 5.41) is 0.474. The third kappa shape index (κ3) is 2.99. The molecule has 2 rings (SSSR count). The Morgan fingerprint density at radius 3 is 2.94 bits per heavy atom. The minimum atomic E-state index is -0.303. The maximum absolute atomic E-state index is 13.0. The van der Waals surface area contributed by atoms with Gasteiger partial charge in [-0.15, -0.1) is 0 Å². The molecule has 1 aliphatic rings. The summed E-state index contributed by atoms with van der Waals surface area (Å²) in [5.41, 5.74) is 3.84. The van der Waals surface area contributed by atoms with Crippen molar-refractivity contribution in [2.45, 2.75) is 37.0 Å². The summed E-state index contributed by atoms with van der Waals surface area (Å²) in [5.74, 6) is 6.55. The Hall–Kier alpha value is -0.290. The van der Waals surface area contributed by atoms with Crippen LogP contribution in [-0.2, 0) is 6.42 Å². The molecule has 1 heterocycles. The first-order valence-corrected chi connectivity index (χ1v) is 7.45. The number of nitrogens with one attached hydrogen (secondary N) is 1. The number of hydrogen-bond donors (Lipinski definition) is 2. The molecular formula is C13H18ClFN2S. The van der Waals surface area contributed by atoms with Gasteiger partial charge in [-0.05, 0) is 49.6 Å². The van der Waals surface area contributed by atoms with Crippen LogP contribution < -0.4 is 11.3 Å². The van der Waals surface area contributed by atoms with Gasteiger partial charge in [0.05, 0.1) is 0 Å². The highest BCUT2D eigenvalue weighted by molar-refractivity contribution is 8.00.